The minimum atomic E-state index is -3.37. The molecule has 4 heteroatoms. The fourth-order valence-corrected chi connectivity index (χ4v) is 7.01. The van der Waals surface area contributed by atoms with Crippen LogP contribution >= 0.6 is 0 Å². The van der Waals surface area contributed by atoms with Crippen LogP contribution in [0.5, 0.6) is 0 Å². The van der Waals surface area contributed by atoms with Gasteiger partial charge in [0.05, 0.1) is 4.90 Å². The van der Waals surface area contributed by atoms with Crippen LogP contribution in [0.4, 0.5) is 0 Å². The summed E-state index contributed by atoms with van der Waals surface area (Å²) in [5, 5.41) is 0. The minimum Gasteiger partial charge on any atom is -0.207 e. The van der Waals surface area contributed by atoms with E-state index >= 15 is 0 Å². The molecule has 114 valence electrons. The van der Waals surface area contributed by atoms with Crippen molar-refractivity contribution in [3.05, 3.63) is 30.3 Å². The molecule has 4 saturated carbocycles. The Morgan fingerprint density at radius 1 is 0.952 bits per heavy atom. The molecule has 0 spiro atoms. The third-order valence-electron chi connectivity index (χ3n) is 6.08. The van der Waals surface area contributed by atoms with Crippen LogP contribution in [-0.4, -0.2) is 25.3 Å². The molecule has 4 bridgehead atoms. The van der Waals surface area contributed by atoms with Gasteiger partial charge in [0.1, 0.15) is 0 Å². The lowest BCUT2D eigenvalue weighted by molar-refractivity contribution is -0.0495. The summed E-state index contributed by atoms with van der Waals surface area (Å²) in [6.45, 7) is 0. The van der Waals surface area contributed by atoms with Gasteiger partial charge in [0.15, 0.2) is 0 Å². The normalized spacial score (nSPS) is 38.1. The predicted octanol–water partition coefficient (Wildman–Crippen LogP) is 3.28. The molecule has 1 aromatic carbocycles. The zero-order valence-electron chi connectivity index (χ0n) is 12.5. The van der Waals surface area contributed by atoms with E-state index in [1.54, 1.807) is 28.6 Å². The second-order valence-corrected chi connectivity index (χ2v) is 9.40. The van der Waals surface area contributed by atoms with Crippen molar-refractivity contribution in [3.8, 4) is 0 Å². The molecule has 4 aliphatic carbocycles. The van der Waals surface area contributed by atoms with Crippen molar-refractivity contribution in [1.29, 1.82) is 0 Å². The van der Waals surface area contributed by atoms with Crippen LogP contribution in [0.3, 0.4) is 0 Å². The van der Waals surface area contributed by atoms with Crippen molar-refractivity contribution in [2.45, 2.75) is 49.0 Å². The van der Waals surface area contributed by atoms with Gasteiger partial charge in [-0.2, -0.15) is 4.31 Å². The van der Waals surface area contributed by atoms with Crippen LogP contribution in [0, 0.1) is 17.8 Å². The molecule has 3 nitrogen and oxygen atoms in total. The van der Waals surface area contributed by atoms with Gasteiger partial charge in [0, 0.05) is 12.6 Å². The zero-order chi connectivity index (χ0) is 14.7. The summed E-state index contributed by atoms with van der Waals surface area (Å²) in [4.78, 5) is 0.434. The molecule has 4 aliphatic rings. The van der Waals surface area contributed by atoms with Crippen LogP contribution in [0.15, 0.2) is 35.2 Å². The molecule has 0 radical (unpaired) electrons. The van der Waals surface area contributed by atoms with Crippen molar-refractivity contribution >= 4 is 10.0 Å². The monoisotopic (exact) mass is 305 g/mol. The zero-order valence-corrected chi connectivity index (χ0v) is 13.3. The second kappa shape index (κ2) is 4.56. The van der Waals surface area contributed by atoms with Crippen molar-refractivity contribution < 1.29 is 8.42 Å². The third kappa shape index (κ3) is 2.07. The topological polar surface area (TPSA) is 37.4 Å². The van der Waals surface area contributed by atoms with E-state index in [1.165, 1.54) is 19.3 Å². The average Bonchev–Trinajstić information content (AvgIpc) is 2.46. The van der Waals surface area contributed by atoms with E-state index in [0.717, 1.165) is 37.0 Å². The van der Waals surface area contributed by atoms with Crippen LogP contribution in [0.25, 0.3) is 0 Å². The first-order chi connectivity index (χ1) is 9.99. The molecule has 0 amide bonds. The molecular formula is C17H23NO2S. The fraction of sp³-hybridized carbons (Fsp3) is 0.647. The lowest BCUT2D eigenvalue weighted by atomic mass is 9.53. The third-order valence-corrected chi connectivity index (χ3v) is 8.05. The van der Waals surface area contributed by atoms with Crippen molar-refractivity contribution in [3.63, 3.8) is 0 Å². The van der Waals surface area contributed by atoms with Gasteiger partial charge in [-0.15, -0.1) is 0 Å². The number of rotatable bonds is 3. The van der Waals surface area contributed by atoms with Crippen molar-refractivity contribution in [1.82, 2.24) is 4.31 Å². The molecule has 0 N–H and O–H groups in total. The van der Waals surface area contributed by atoms with Crippen molar-refractivity contribution in [2.75, 3.05) is 7.05 Å². The van der Waals surface area contributed by atoms with Gasteiger partial charge < -0.3 is 0 Å². The predicted molar refractivity (Wildman–Crippen MR) is 82.3 cm³/mol. The van der Waals surface area contributed by atoms with E-state index in [0.29, 0.717) is 4.90 Å². The number of nitrogens with zero attached hydrogens (tertiary/aromatic N) is 1. The fourth-order valence-electron chi connectivity index (χ4n) is 5.46. The largest absolute Gasteiger partial charge is 0.243 e. The molecule has 0 unspecified atom stereocenters. The van der Waals surface area contributed by atoms with Crippen LogP contribution in [-0.2, 0) is 10.0 Å². The lowest BCUT2D eigenvalue weighted by Gasteiger charge is -2.59. The van der Waals surface area contributed by atoms with E-state index in [1.807, 2.05) is 13.1 Å². The highest BCUT2D eigenvalue weighted by Crippen LogP contribution is 2.58. The Morgan fingerprint density at radius 2 is 1.43 bits per heavy atom. The molecule has 0 heterocycles. The van der Waals surface area contributed by atoms with Gasteiger partial charge in [-0.05, 0) is 68.4 Å². The highest BCUT2D eigenvalue weighted by Gasteiger charge is 2.55. The van der Waals surface area contributed by atoms with Crippen LogP contribution in [0.1, 0.15) is 38.5 Å². The van der Waals surface area contributed by atoms with Crippen LogP contribution < -0.4 is 0 Å². The first-order valence-electron chi connectivity index (χ1n) is 8.04. The Balaban J connectivity index is 1.70. The Kier molecular flexibility index (Phi) is 2.99. The molecule has 0 atom stereocenters. The molecular weight excluding hydrogens is 282 g/mol. The van der Waals surface area contributed by atoms with Crippen molar-refractivity contribution in [2.24, 2.45) is 17.8 Å². The highest BCUT2D eigenvalue weighted by atomic mass is 32.2. The summed E-state index contributed by atoms with van der Waals surface area (Å²) >= 11 is 0. The summed E-state index contributed by atoms with van der Waals surface area (Å²) in [6, 6.07) is 8.91. The second-order valence-electron chi connectivity index (χ2n) is 7.43. The summed E-state index contributed by atoms with van der Waals surface area (Å²) in [6.07, 6.45) is 7.21. The highest BCUT2D eigenvalue weighted by molar-refractivity contribution is 7.89. The molecule has 0 saturated heterocycles. The number of benzene rings is 1. The number of hydrogen-bond donors (Lipinski definition) is 0. The molecule has 0 aromatic heterocycles. The first-order valence-corrected chi connectivity index (χ1v) is 9.48. The van der Waals surface area contributed by atoms with E-state index in [9.17, 15) is 8.42 Å². The van der Waals surface area contributed by atoms with Gasteiger partial charge in [-0.3, -0.25) is 0 Å². The van der Waals surface area contributed by atoms with E-state index in [4.69, 9.17) is 0 Å². The SMILES string of the molecule is CN(C12CC3CC(CC(C3)C1)C2)S(=O)(=O)c1ccccc1. The van der Waals surface area contributed by atoms with Gasteiger partial charge in [-0.1, -0.05) is 18.2 Å². The Labute approximate surface area is 127 Å². The minimum absolute atomic E-state index is 0.108. The Bertz CT molecular complexity index is 603. The quantitative estimate of drug-likeness (QED) is 0.859. The summed E-state index contributed by atoms with van der Waals surface area (Å²) < 4.78 is 27.7. The summed E-state index contributed by atoms with van der Waals surface area (Å²) in [7, 11) is -1.55. The molecule has 1 aromatic rings. The smallest absolute Gasteiger partial charge is 0.207 e. The van der Waals surface area contributed by atoms with Crippen LogP contribution in [0.2, 0.25) is 0 Å². The first kappa shape index (κ1) is 13.8. The number of sulfonamides is 1. The van der Waals surface area contributed by atoms with E-state index < -0.39 is 10.0 Å². The summed E-state index contributed by atoms with van der Waals surface area (Å²) in [5.74, 6) is 2.26. The van der Waals surface area contributed by atoms with Gasteiger partial charge in [0.2, 0.25) is 10.0 Å². The molecule has 0 aliphatic heterocycles. The number of hydrogen-bond acceptors (Lipinski definition) is 2. The van der Waals surface area contributed by atoms with Gasteiger partial charge in [-0.25, -0.2) is 8.42 Å². The summed E-state index contributed by atoms with van der Waals surface area (Å²) in [5.41, 5.74) is -0.108. The maximum absolute atomic E-state index is 13.0. The van der Waals surface area contributed by atoms with Gasteiger partial charge in [0.25, 0.3) is 0 Å². The Hall–Kier alpha value is -0.870. The van der Waals surface area contributed by atoms with Gasteiger partial charge >= 0.3 is 0 Å². The average molecular weight is 305 g/mol. The Morgan fingerprint density at radius 3 is 1.90 bits per heavy atom. The van der Waals surface area contributed by atoms with E-state index in [2.05, 4.69) is 0 Å². The molecule has 5 rings (SSSR count). The lowest BCUT2D eigenvalue weighted by Crippen LogP contribution is -2.60. The molecule has 21 heavy (non-hydrogen) atoms. The maximum Gasteiger partial charge on any atom is 0.243 e. The standard InChI is InChI=1S/C17H23NO2S/c1-18(21(19,20)16-5-3-2-4-6-16)17-10-13-7-14(11-17)9-15(8-13)12-17/h2-6,13-15H,7-12H2,1H3. The maximum atomic E-state index is 13.0. The molecule has 4 fully saturated rings. The van der Waals surface area contributed by atoms with E-state index in [-0.39, 0.29) is 5.54 Å².